The van der Waals surface area contributed by atoms with Crippen molar-refractivity contribution >= 4 is 23.1 Å². The molecule has 5 nitrogen and oxygen atoms in total. The minimum Gasteiger partial charge on any atom is -0.316 e. The summed E-state index contributed by atoms with van der Waals surface area (Å²) in [6.07, 6.45) is 7.52. The van der Waals surface area contributed by atoms with E-state index in [9.17, 15) is 4.79 Å². The van der Waals surface area contributed by atoms with Gasteiger partial charge in [0.25, 0.3) is 5.56 Å². The van der Waals surface area contributed by atoms with E-state index in [-0.39, 0.29) is 11.6 Å². The summed E-state index contributed by atoms with van der Waals surface area (Å²) in [5, 5.41) is 0. The molecule has 6 heteroatoms. The van der Waals surface area contributed by atoms with Crippen molar-refractivity contribution in [2.75, 3.05) is 0 Å². The van der Waals surface area contributed by atoms with Crippen LogP contribution in [-0.4, -0.2) is 14.1 Å². The summed E-state index contributed by atoms with van der Waals surface area (Å²) >= 11 is 1.48. The first kappa shape index (κ1) is 22.9. The topological polar surface area (TPSA) is 52.2 Å². The minimum absolute atomic E-state index is 0.0131. The number of rotatable bonds is 3. The van der Waals surface area contributed by atoms with E-state index in [1.165, 1.54) is 28.0 Å². The number of thiazole rings is 1. The summed E-state index contributed by atoms with van der Waals surface area (Å²) in [5.41, 5.74) is 10.1. The fourth-order valence-electron chi connectivity index (χ4n) is 5.92. The lowest BCUT2D eigenvalue weighted by Crippen LogP contribution is -2.38. The highest BCUT2D eigenvalue weighted by Gasteiger charge is 2.32. The second-order valence-corrected chi connectivity index (χ2v) is 10.9. The van der Waals surface area contributed by atoms with Crippen molar-refractivity contribution in [3.05, 3.63) is 144 Å². The Morgan fingerprint density at radius 2 is 1.79 bits per heavy atom. The van der Waals surface area contributed by atoms with Gasteiger partial charge in [0, 0.05) is 23.1 Å². The predicted molar refractivity (Wildman–Crippen MR) is 152 cm³/mol. The van der Waals surface area contributed by atoms with E-state index in [1.807, 2.05) is 35.0 Å². The summed E-state index contributed by atoms with van der Waals surface area (Å²) < 4.78 is 4.79. The van der Waals surface area contributed by atoms with Crippen molar-refractivity contribution in [3.8, 4) is 5.69 Å². The van der Waals surface area contributed by atoms with Gasteiger partial charge in [-0.05, 0) is 73.2 Å². The zero-order valence-electron chi connectivity index (χ0n) is 21.3. The van der Waals surface area contributed by atoms with E-state index < -0.39 is 0 Å². The van der Waals surface area contributed by atoms with Crippen LogP contribution >= 0.6 is 11.3 Å². The standard InChI is InChI=1S/C32H26N4OS/c1-20-17-24(21(2)35(20)25-12-8-16-33-19-25)18-28-31(37)36-30(23-10-4-3-5-11-23)27-15-14-22-9-6-7-13-26(22)29(27)34-32(36)38-28/h3-13,16-19,30H,14-15H2,1-2H3/b28-18-. The van der Waals surface area contributed by atoms with Crippen LogP contribution in [0.5, 0.6) is 0 Å². The van der Waals surface area contributed by atoms with Crippen molar-refractivity contribution in [1.82, 2.24) is 14.1 Å². The number of pyridine rings is 1. The molecule has 0 saturated heterocycles. The van der Waals surface area contributed by atoms with Crippen LogP contribution in [0.2, 0.25) is 0 Å². The molecule has 0 spiro atoms. The molecule has 1 unspecified atom stereocenters. The average molecular weight is 515 g/mol. The number of allylic oxidation sites excluding steroid dienone is 1. The Hall–Kier alpha value is -4.29. The maximum absolute atomic E-state index is 14.0. The van der Waals surface area contributed by atoms with Gasteiger partial charge < -0.3 is 4.57 Å². The number of hydrogen-bond acceptors (Lipinski definition) is 4. The highest BCUT2D eigenvalue weighted by Crippen LogP contribution is 2.41. The molecular formula is C32H26N4OS. The number of hydrogen-bond donors (Lipinski definition) is 0. The number of fused-ring (bicyclic) bond motifs is 3. The van der Waals surface area contributed by atoms with Crippen molar-refractivity contribution in [2.45, 2.75) is 32.7 Å². The summed E-state index contributed by atoms with van der Waals surface area (Å²) in [7, 11) is 0. The number of benzene rings is 2. The molecule has 2 aliphatic rings. The van der Waals surface area contributed by atoms with Crippen LogP contribution in [0.15, 0.2) is 101 Å². The van der Waals surface area contributed by atoms with Crippen LogP contribution in [0.4, 0.5) is 0 Å². The van der Waals surface area contributed by atoms with Gasteiger partial charge in [-0.25, -0.2) is 4.99 Å². The molecule has 2 aromatic carbocycles. The van der Waals surface area contributed by atoms with E-state index in [2.05, 4.69) is 78.0 Å². The maximum atomic E-state index is 14.0. The molecule has 3 aromatic heterocycles. The molecule has 0 saturated carbocycles. The van der Waals surface area contributed by atoms with Gasteiger partial charge in [-0.2, -0.15) is 0 Å². The first-order chi connectivity index (χ1) is 18.6. The van der Waals surface area contributed by atoms with Gasteiger partial charge in [0.15, 0.2) is 4.80 Å². The lowest BCUT2D eigenvalue weighted by atomic mass is 9.83. The van der Waals surface area contributed by atoms with Crippen LogP contribution in [0, 0.1) is 13.8 Å². The molecule has 5 aromatic rings. The number of nitrogens with zero attached hydrogens (tertiary/aromatic N) is 4. The van der Waals surface area contributed by atoms with Gasteiger partial charge in [0.2, 0.25) is 0 Å². The first-order valence-corrected chi connectivity index (χ1v) is 13.7. The number of aromatic nitrogens is 3. The van der Waals surface area contributed by atoms with Crippen LogP contribution in [0.25, 0.3) is 17.5 Å². The molecule has 1 aliphatic heterocycles. The molecule has 1 aliphatic carbocycles. The zero-order chi connectivity index (χ0) is 25.8. The van der Waals surface area contributed by atoms with Crippen molar-refractivity contribution in [3.63, 3.8) is 0 Å². The third-order valence-electron chi connectivity index (χ3n) is 7.65. The molecule has 0 radical (unpaired) electrons. The van der Waals surface area contributed by atoms with Crippen LogP contribution in [0.3, 0.4) is 0 Å². The molecule has 186 valence electrons. The largest absolute Gasteiger partial charge is 0.316 e. The summed E-state index contributed by atoms with van der Waals surface area (Å²) in [5.74, 6) is 0. The molecule has 7 rings (SSSR count). The lowest BCUT2D eigenvalue weighted by Gasteiger charge is -2.30. The Morgan fingerprint density at radius 1 is 0.974 bits per heavy atom. The van der Waals surface area contributed by atoms with Gasteiger partial charge in [0.1, 0.15) is 0 Å². The van der Waals surface area contributed by atoms with Crippen LogP contribution in [-0.2, 0) is 6.42 Å². The maximum Gasteiger partial charge on any atom is 0.271 e. The molecule has 0 fully saturated rings. The Balaban J connectivity index is 1.45. The van der Waals surface area contributed by atoms with Gasteiger partial charge in [-0.3, -0.25) is 14.3 Å². The van der Waals surface area contributed by atoms with E-state index >= 15 is 0 Å². The van der Waals surface area contributed by atoms with E-state index in [0.717, 1.165) is 51.5 Å². The van der Waals surface area contributed by atoms with Gasteiger partial charge in [0.05, 0.1) is 28.2 Å². The average Bonchev–Trinajstić information content (AvgIpc) is 3.42. The highest BCUT2D eigenvalue weighted by molar-refractivity contribution is 7.07. The Morgan fingerprint density at radius 3 is 2.61 bits per heavy atom. The van der Waals surface area contributed by atoms with Crippen molar-refractivity contribution in [1.29, 1.82) is 0 Å². The quantitative estimate of drug-likeness (QED) is 0.336. The normalized spacial score (nSPS) is 16.6. The van der Waals surface area contributed by atoms with Crippen molar-refractivity contribution < 1.29 is 0 Å². The summed E-state index contributed by atoms with van der Waals surface area (Å²) in [6.45, 7) is 4.17. The van der Waals surface area contributed by atoms with Gasteiger partial charge in [-0.15, -0.1) is 0 Å². The Kier molecular flexibility index (Phi) is 5.37. The third kappa shape index (κ3) is 3.56. The van der Waals surface area contributed by atoms with Gasteiger partial charge >= 0.3 is 0 Å². The van der Waals surface area contributed by atoms with E-state index in [4.69, 9.17) is 4.99 Å². The monoisotopic (exact) mass is 514 g/mol. The molecule has 1 atom stereocenters. The molecule has 4 heterocycles. The first-order valence-electron chi connectivity index (χ1n) is 12.9. The Labute approximate surface area is 224 Å². The van der Waals surface area contributed by atoms with Crippen LogP contribution < -0.4 is 14.9 Å². The zero-order valence-corrected chi connectivity index (χ0v) is 22.1. The minimum atomic E-state index is -0.152. The van der Waals surface area contributed by atoms with Crippen molar-refractivity contribution in [2.24, 2.45) is 4.99 Å². The fourth-order valence-corrected chi connectivity index (χ4v) is 6.91. The molecular weight excluding hydrogens is 488 g/mol. The summed E-state index contributed by atoms with van der Waals surface area (Å²) in [4.78, 5) is 24.2. The SMILES string of the molecule is Cc1cc(/C=c2\sc3n(c2=O)C(c2ccccc2)C2=C(N=3)c3ccccc3CC2)c(C)n1-c1cccnc1. The second kappa shape index (κ2) is 8.92. The number of aryl methyl sites for hydroxylation is 2. The summed E-state index contributed by atoms with van der Waals surface area (Å²) in [6, 6.07) is 24.9. The molecule has 38 heavy (non-hydrogen) atoms. The van der Waals surface area contributed by atoms with Gasteiger partial charge in [-0.1, -0.05) is 65.9 Å². The Bertz CT molecular complexity index is 1910. The van der Waals surface area contributed by atoms with E-state index in [1.54, 1.807) is 6.20 Å². The van der Waals surface area contributed by atoms with E-state index in [0.29, 0.717) is 4.53 Å². The lowest BCUT2D eigenvalue weighted by molar-refractivity contribution is 0.585. The molecule has 0 N–H and O–H groups in total. The second-order valence-electron chi connectivity index (χ2n) is 9.90. The predicted octanol–water partition coefficient (Wildman–Crippen LogP) is 5.12. The fraction of sp³-hybridized carbons (Fsp3) is 0.156. The highest BCUT2D eigenvalue weighted by atomic mass is 32.1. The molecule has 0 bridgehead atoms. The van der Waals surface area contributed by atoms with Crippen LogP contribution in [0.1, 0.15) is 46.1 Å². The molecule has 0 amide bonds. The third-order valence-corrected chi connectivity index (χ3v) is 8.63. The smallest absolute Gasteiger partial charge is 0.271 e.